The van der Waals surface area contributed by atoms with Crippen molar-refractivity contribution in [3.8, 4) is 11.8 Å². The van der Waals surface area contributed by atoms with E-state index >= 15 is 0 Å². The molecule has 0 radical (unpaired) electrons. The summed E-state index contributed by atoms with van der Waals surface area (Å²) in [5, 5.41) is 9.74. The number of hydrogen-bond acceptors (Lipinski definition) is 4. The number of allylic oxidation sites excluding steroid dienone is 2. The Labute approximate surface area is 182 Å². The van der Waals surface area contributed by atoms with Gasteiger partial charge in [-0.1, -0.05) is 44.2 Å². The molecule has 6 heteroatoms. The summed E-state index contributed by atoms with van der Waals surface area (Å²) in [7, 11) is 0. The van der Waals surface area contributed by atoms with E-state index in [1.165, 1.54) is 0 Å². The Morgan fingerprint density at radius 1 is 1.29 bits per heavy atom. The molecule has 4 nitrogen and oxygen atoms in total. The first kappa shape index (κ1) is 20.9. The number of rotatable bonds is 6. The lowest BCUT2D eigenvalue weighted by Crippen LogP contribution is -2.51. The molecule has 0 saturated heterocycles. The van der Waals surface area contributed by atoms with E-state index in [0.29, 0.717) is 11.3 Å². The molecule has 2 atom stereocenters. The Bertz CT molecular complexity index is 875. The molecule has 1 aromatic carbocycles. The molecular weight excluding hydrogens is 486 g/mol. The van der Waals surface area contributed by atoms with E-state index in [1.54, 1.807) is 0 Å². The molecule has 0 amide bonds. The van der Waals surface area contributed by atoms with E-state index in [1.807, 2.05) is 68.5 Å². The van der Waals surface area contributed by atoms with Gasteiger partial charge in [0.15, 0.2) is 5.60 Å². The Morgan fingerprint density at radius 2 is 1.96 bits per heavy atom. The van der Waals surface area contributed by atoms with Crippen LogP contribution in [0.3, 0.4) is 0 Å². The van der Waals surface area contributed by atoms with Crippen LogP contribution < -0.4 is 4.74 Å². The number of hydrogen-bond donors (Lipinski definition) is 0. The fourth-order valence-electron chi connectivity index (χ4n) is 3.31. The molecule has 146 valence electrons. The number of esters is 1. The van der Waals surface area contributed by atoms with Crippen LogP contribution >= 0.6 is 31.9 Å². The highest BCUT2D eigenvalue weighted by molar-refractivity contribution is 9.28. The van der Waals surface area contributed by atoms with E-state index in [0.717, 1.165) is 16.2 Å². The molecule has 28 heavy (non-hydrogen) atoms. The van der Waals surface area contributed by atoms with Gasteiger partial charge in [0.1, 0.15) is 11.8 Å². The average Bonchev–Trinajstić information content (AvgIpc) is 3.48. The number of para-hydroxylation sites is 1. The lowest BCUT2D eigenvalue weighted by atomic mass is 9.65. The zero-order valence-electron chi connectivity index (χ0n) is 15.7. The molecule has 2 aliphatic rings. The molecule has 2 aliphatic carbocycles. The van der Waals surface area contributed by atoms with E-state index in [-0.39, 0.29) is 11.9 Å². The summed E-state index contributed by atoms with van der Waals surface area (Å²) in [6.07, 6.45) is 8.24. The predicted molar refractivity (Wildman–Crippen MR) is 115 cm³/mol. The maximum absolute atomic E-state index is 12.2. The Morgan fingerprint density at radius 3 is 2.54 bits per heavy atom. The zero-order chi connectivity index (χ0) is 20.4. The van der Waals surface area contributed by atoms with Crippen molar-refractivity contribution in [2.45, 2.75) is 38.4 Å². The second-order valence-corrected chi connectivity index (χ2v) is 10.2. The first-order chi connectivity index (χ1) is 13.3. The van der Waals surface area contributed by atoms with Crippen molar-refractivity contribution in [2.24, 2.45) is 11.3 Å². The second-order valence-electron chi connectivity index (χ2n) is 7.47. The largest absolute Gasteiger partial charge is 0.478 e. The lowest BCUT2D eigenvalue weighted by molar-refractivity contribution is -0.147. The third-order valence-corrected chi connectivity index (χ3v) is 5.67. The molecule has 0 N–H and O–H groups in total. The summed E-state index contributed by atoms with van der Waals surface area (Å²) >= 11 is 6.89. The standard InChI is InChI=1S/C22H21Br2NO3/c1-21(2)17(18(14-25)27-20(26)15-10-11-15)9-6-12-22(21,13-19(23)24)28-16-7-4-3-5-8-16/h3-9,12-13,15,18H,10-11H2,1-2H3/t18?,22-/m1/s1. The number of benzene rings is 1. The Balaban J connectivity index is 1.98. The minimum Gasteiger partial charge on any atom is -0.478 e. The predicted octanol–water partition coefficient (Wildman–Crippen LogP) is 5.80. The van der Waals surface area contributed by atoms with Crippen molar-refractivity contribution in [1.82, 2.24) is 0 Å². The van der Waals surface area contributed by atoms with Crippen LogP contribution in [0, 0.1) is 22.7 Å². The van der Waals surface area contributed by atoms with Gasteiger partial charge in [-0.3, -0.25) is 4.79 Å². The molecular formula is C22H21Br2NO3. The Kier molecular flexibility index (Phi) is 6.16. The summed E-state index contributed by atoms with van der Waals surface area (Å²) in [5.74, 6) is 0.327. The number of carbonyl (C=O) groups excluding carboxylic acids is 1. The fourth-order valence-corrected chi connectivity index (χ4v) is 3.99. The van der Waals surface area contributed by atoms with E-state index < -0.39 is 17.1 Å². The van der Waals surface area contributed by atoms with E-state index in [2.05, 4.69) is 37.9 Å². The molecule has 3 rings (SSSR count). The molecule has 0 bridgehead atoms. The van der Waals surface area contributed by atoms with E-state index in [9.17, 15) is 10.1 Å². The number of carbonyl (C=O) groups is 1. The molecule has 1 aromatic rings. The van der Waals surface area contributed by atoms with Gasteiger partial charge in [-0.25, -0.2) is 0 Å². The number of ether oxygens (including phenoxy) is 2. The molecule has 0 aliphatic heterocycles. The van der Waals surface area contributed by atoms with Gasteiger partial charge in [0.05, 0.1) is 9.31 Å². The summed E-state index contributed by atoms with van der Waals surface area (Å²) in [4.78, 5) is 12.2. The van der Waals surface area contributed by atoms with Crippen LogP contribution in [0.25, 0.3) is 0 Å². The van der Waals surface area contributed by atoms with Crippen LogP contribution in [0.4, 0.5) is 0 Å². The molecule has 1 unspecified atom stereocenters. The van der Waals surface area contributed by atoms with Crippen LogP contribution in [-0.2, 0) is 9.53 Å². The van der Waals surface area contributed by atoms with Crippen LogP contribution in [0.15, 0.2) is 63.6 Å². The normalized spacial score (nSPS) is 23.8. The molecule has 0 aromatic heterocycles. The maximum Gasteiger partial charge on any atom is 0.310 e. The van der Waals surface area contributed by atoms with Gasteiger partial charge in [0.25, 0.3) is 0 Å². The van der Waals surface area contributed by atoms with Gasteiger partial charge >= 0.3 is 5.97 Å². The van der Waals surface area contributed by atoms with Crippen molar-refractivity contribution >= 4 is 37.8 Å². The molecule has 1 fully saturated rings. The van der Waals surface area contributed by atoms with Crippen LogP contribution in [0.5, 0.6) is 5.75 Å². The van der Waals surface area contributed by atoms with E-state index in [4.69, 9.17) is 9.47 Å². The maximum atomic E-state index is 12.2. The van der Waals surface area contributed by atoms with Crippen molar-refractivity contribution in [2.75, 3.05) is 0 Å². The summed E-state index contributed by atoms with van der Waals surface area (Å²) in [5.41, 5.74) is -0.879. The summed E-state index contributed by atoms with van der Waals surface area (Å²) in [6.45, 7) is 3.97. The number of nitriles is 1. The smallest absolute Gasteiger partial charge is 0.310 e. The van der Waals surface area contributed by atoms with Gasteiger partial charge in [0.2, 0.25) is 6.10 Å². The average molecular weight is 507 g/mol. The lowest BCUT2D eigenvalue weighted by Gasteiger charge is -2.46. The molecule has 0 spiro atoms. The van der Waals surface area contributed by atoms with Crippen molar-refractivity contribution in [3.05, 3.63) is 63.6 Å². The van der Waals surface area contributed by atoms with Crippen LogP contribution in [0.2, 0.25) is 0 Å². The highest BCUT2D eigenvalue weighted by atomic mass is 79.9. The molecule has 0 heterocycles. The van der Waals surface area contributed by atoms with Crippen molar-refractivity contribution in [3.63, 3.8) is 0 Å². The number of halogens is 2. The van der Waals surface area contributed by atoms with Gasteiger partial charge in [-0.2, -0.15) is 5.26 Å². The molecule has 1 saturated carbocycles. The highest BCUT2D eigenvalue weighted by Gasteiger charge is 2.51. The van der Waals surface area contributed by atoms with Crippen molar-refractivity contribution < 1.29 is 14.3 Å². The van der Waals surface area contributed by atoms with Gasteiger partial charge in [0, 0.05) is 5.41 Å². The summed E-state index contributed by atoms with van der Waals surface area (Å²) < 4.78 is 12.7. The first-order valence-corrected chi connectivity index (χ1v) is 10.7. The summed E-state index contributed by atoms with van der Waals surface area (Å²) in [6, 6.07) is 11.6. The first-order valence-electron chi connectivity index (χ1n) is 9.07. The minimum absolute atomic E-state index is 0.0689. The fraction of sp³-hybridized carbons (Fsp3) is 0.364. The minimum atomic E-state index is -0.964. The van der Waals surface area contributed by atoms with Gasteiger partial charge in [-0.15, -0.1) is 0 Å². The number of nitrogens with zero attached hydrogens (tertiary/aromatic N) is 1. The third-order valence-electron chi connectivity index (χ3n) is 5.22. The highest BCUT2D eigenvalue weighted by Crippen LogP contribution is 2.48. The Hall–Kier alpha value is -1.84. The monoisotopic (exact) mass is 505 g/mol. The quantitative estimate of drug-likeness (QED) is 0.457. The van der Waals surface area contributed by atoms with Crippen LogP contribution in [0.1, 0.15) is 26.7 Å². The topological polar surface area (TPSA) is 59.3 Å². The van der Waals surface area contributed by atoms with Crippen LogP contribution in [-0.4, -0.2) is 17.7 Å². The SMILES string of the molecule is CC1(C)C(C(C#N)OC(=O)C2CC2)=CC=C[C@]1(C=C(Br)Br)Oc1ccccc1. The van der Waals surface area contributed by atoms with Gasteiger partial charge < -0.3 is 9.47 Å². The zero-order valence-corrected chi connectivity index (χ0v) is 18.9. The second kappa shape index (κ2) is 8.26. The van der Waals surface area contributed by atoms with Gasteiger partial charge in [-0.05, 0) is 74.6 Å². The third kappa shape index (κ3) is 4.26. The van der Waals surface area contributed by atoms with Crippen molar-refractivity contribution in [1.29, 1.82) is 5.26 Å².